The first-order valence-corrected chi connectivity index (χ1v) is 11.7. The number of ether oxygens (including phenoxy) is 2. The normalized spacial score (nSPS) is 10.8. The molecule has 0 aliphatic carbocycles. The number of nitrogens with one attached hydrogen (secondary N) is 1. The van der Waals surface area contributed by atoms with Crippen LogP contribution >= 0.6 is 11.3 Å². The minimum Gasteiger partial charge on any atom is -0.453 e. The maximum atomic E-state index is 14.8. The predicted octanol–water partition coefficient (Wildman–Crippen LogP) is 5.56. The first kappa shape index (κ1) is 23.2. The molecule has 180 valence electrons. The molecule has 5 rings (SSSR count). The van der Waals surface area contributed by atoms with Crippen molar-refractivity contribution in [1.29, 1.82) is 0 Å². The molecule has 3 heterocycles. The number of fused-ring (bicyclic) bond motifs is 1. The lowest BCUT2D eigenvalue weighted by molar-refractivity contribution is -0.137. The molecule has 0 aliphatic heterocycles. The Morgan fingerprint density at radius 2 is 1.86 bits per heavy atom. The van der Waals surface area contributed by atoms with Crippen LogP contribution in [0.4, 0.5) is 10.1 Å². The first-order valence-electron chi connectivity index (χ1n) is 10.9. The van der Waals surface area contributed by atoms with Gasteiger partial charge in [-0.3, -0.25) is 14.6 Å². The van der Waals surface area contributed by atoms with E-state index in [0.29, 0.717) is 17.0 Å². The third-order valence-electron chi connectivity index (χ3n) is 5.13. The topological polar surface area (TPSA) is 95.3 Å². The number of imidazole rings is 1. The van der Waals surface area contributed by atoms with Crippen molar-refractivity contribution in [2.75, 3.05) is 5.32 Å². The first-order chi connectivity index (χ1) is 17.5. The quantitative estimate of drug-likeness (QED) is 0.178. The van der Waals surface area contributed by atoms with Gasteiger partial charge in [0, 0.05) is 43.5 Å². The van der Waals surface area contributed by atoms with Crippen LogP contribution in [-0.2, 0) is 16.6 Å². The second-order valence-corrected chi connectivity index (χ2v) is 8.81. The summed E-state index contributed by atoms with van der Waals surface area (Å²) in [6.45, 7) is 0. The second kappa shape index (κ2) is 9.96. The number of hydrogen-bond acceptors (Lipinski definition) is 7. The van der Waals surface area contributed by atoms with Crippen molar-refractivity contribution >= 4 is 39.1 Å². The van der Waals surface area contributed by atoms with Gasteiger partial charge in [-0.25, -0.2) is 9.37 Å². The van der Waals surface area contributed by atoms with Gasteiger partial charge in [0.25, 0.3) is 0 Å². The van der Waals surface area contributed by atoms with E-state index in [-0.39, 0.29) is 11.4 Å². The van der Waals surface area contributed by atoms with Gasteiger partial charge in [0.05, 0.1) is 15.1 Å². The Labute approximate surface area is 209 Å². The number of halogens is 1. The zero-order valence-corrected chi connectivity index (χ0v) is 19.8. The summed E-state index contributed by atoms with van der Waals surface area (Å²) in [5.74, 6) is -0.457. The molecule has 1 N–H and O–H groups in total. The molecule has 3 aromatic heterocycles. The maximum Gasteiger partial charge on any atom is 0.320 e. The molecule has 0 fully saturated rings. The van der Waals surface area contributed by atoms with Crippen LogP contribution in [-0.4, -0.2) is 26.4 Å². The number of para-hydroxylation sites is 1. The lowest BCUT2D eigenvalue weighted by Crippen LogP contribution is -2.20. The molecule has 1 amide bonds. The molecule has 10 heteroatoms. The molecule has 0 radical (unpaired) electrons. The number of rotatable bonds is 7. The van der Waals surface area contributed by atoms with Crippen molar-refractivity contribution in [3.05, 3.63) is 85.1 Å². The van der Waals surface area contributed by atoms with Crippen LogP contribution in [0.5, 0.6) is 17.2 Å². The maximum absolute atomic E-state index is 14.8. The number of esters is 1. The van der Waals surface area contributed by atoms with Crippen molar-refractivity contribution in [2.24, 2.45) is 7.05 Å². The summed E-state index contributed by atoms with van der Waals surface area (Å²) in [7, 11) is 1.90. The smallest absolute Gasteiger partial charge is 0.320 e. The highest BCUT2D eigenvalue weighted by atomic mass is 32.1. The molecule has 2 aromatic carbocycles. The van der Waals surface area contributed by atoms with Gasteiger partial charge < -0.3 is 19.4 Å². The fourth-order valence-electron chi connectivity index (χ4n) is 3.48. The lowest BCUT2D eigenvalue weighted by Gasteiger charge is -2.10. The zero-order valence-electron chi connectivity index (χ0n) is 19.0. The van der Waals surface area contributed by atoms with Crippen LogP contribution in [0.3, 0.4) is 0 Å². The third kappa shape index (κ3) is 5.08. The number of aryl methyl sites for hydroxylation is 1. The van der Waals surface area contributed by atoms with Crippen molar-refractivity contribution in [3.63, 3.8) is 0 Å². The monoisotopic (exact) mass is 502 g/mol. The lowest BCUT2D eigenvalue weighted by atomic mass is 10.2. The minimum atomic E-state index is -0.721. The van der Waals surface area contributed by atoms with Crippen LogP contribution in [0.25, 0.3) is 20.9 Å². The molecule has 0 saturated carbocycles. The van der Waals surface area contributed by atoms with E-state index >= 15 is 0 Å². The average Bonchev–Trinajstić information content (AvgIpc) is 3.47. The Bertz CT molecular complexity index is 1570. The summed E-state index contributed by atoms with van der Waals surface area (Å²) < 4.78 is 28.4. The van der Waals surface area contributed by atoms with E-state index < -0.39 is 24.1 Å². The molecule has 0 saturated heterocycles. The molecule has 5 aromatic rings. The van der Waals surface area contributed by atoms with Gasteiger partial charge >= 0.3 is 5.97 Å². The summed E-state index contributed by atoms with van der Waals surface area (Å²) in [5.41, 5.74) is 0.896. The van der Waals surface area contributed by atoms with Crippen molar-refractivity contribution < 1.29 is 23.5 Å². The van der Waals surface area contributed by atoms with Gasteiger partial charge in [0.1, 0.15) is 23.7 Å². The summed E-state index contributed by atoms with van der Waals surface area (Å²) >= 11 is 1.44. The number of carbonyl (C=O) groups excluding carboxylic acids is 2. The molecular formula is C26H19FN4O4S. The summed E-state index contributed by atoms with van der Waals surface area (Å²) in [6.07, 6.45) is 4.65. The van der Waals surface area contributed by atoms with Crippen LogP contribution in [0, 0.1) is 5.82 Å². The Morgan fingerprint density at radius 3 is 2.61 bits per heavy atom. The molecule has 0 spiro atoms. The molecule has 0 bridgehead atoms. The van der Waals surface area contributed by atoms with Gasteiger partial charge in [-0.2, -0.15) is 0 Å². The van der Waals surface area contributed by atoms with Crippen LogP contribution in [0.1, 0.15) is 6.42 Å². The van der Waals surface area contributed by atoms with E-state index in [1.165, 1.54) is 23.5 Å². The number of nitrogens with zero attached hydrogens (tertiary/aromatic N) is 3. The predicted molar refractivity (Wildman–Crippen MR) is 134 cm³/mol. The number of hydrogen-bond donors (Lipinski definition) is 1. The Balaban J connectivity index is 1.27. The van der Waals surface area contributed by atoms with Crippen molar-refractivity contribution in [3.8, 4) is 28.0 Å². The van der Waals surface area contributed by atoms with Crippen LogP contribution in [0.15, 0.2) is 79.3 Å². The van der Waals surface area contributed by atoms with Crippen LogP contribution < -0.4 is 14.8 Å². The molecule has 0 atom stereocenters. The highest BCUT2D eigenvalue weighted by Crippen LogP contribution is 2.39. The van der Waals surface area contributed by atoms with Crippen molar-refractivity contribution in [2.45, 2.75) is 6.42 Å². The Hall–Kier alpha value is -4.57. The van der Waals surface area contributed by atoms with Crippen molar-refractivity contribution in [1.82, 2.24) is 14.5 Å². The molecule has 0 aliphatic rings. The Kier molecular flexibility index (Phi) is 6.42. The number of amides is 1. The fourth-order valence-corrected chi connectivity index (χ4v) is 4.59. The van der Waals surface area contributed by atoms with Gasteiger partial charge in [-0.05, 0) is 30.3 Å². The highest BCUT2D eigenvalue weighted by Gasteiger charge is 2.16. The molecule has 0 unspecified atom stereocenters. The Morgan fingerprint density at radius 1 is 1.03 bits per heavy atom. The van der Waals surface area contributed by atoms with E-state index in [0.717, 1.165) is 21.5 Å². The van der Waals surface area contributed by atoms with E-state index in [2.05, 4.69) is 15.3 Å². The van der Waals surface area contributed by atoms with Gasteiger partial charge in [0.2, 0.25) is 5.91 Å². The average molecular weight is 503 g/mol. The number of anilines is 1. The summed E-state index contributed by atoms with van der Waals surface area (Å²) in [5, 5.41) is 2.49. The number of aromatic nitrogens is 3. The largest absolute Gasteiger partial charge is 0.453 e. The number of carbonyl (C=O) groups is 2. The number of benzene rings is 2. The third-order valence-corrected chi connectivity index (χ3v) is 6.27. The van der Waals surface area contributed by atoms with Gasteiger partial charge in [0.15, 0.2) is 11.6 Å². The highest BCUT2D eigenvalue weighted by molar-refractivity contribution is 7.22. The van der Waals surface area contributed by atoms with Gasteiger partial charge in [-0.15, -0.1) is 11.3 Å². The number of pyridine rings is 1. The van der Waals surface area contributed by atoms with E-state index in [9.17, 15) is 14.0 Å². The second-order valence-electron chi connectivity index (χ2n) is 7.76. The molecule has 8 nitrogen and oxygen atoms in total. The minimum absolute atomic E-state index is 0.0177. The summed E-state index contributed by atoms with van der Waals surface area (Å²) in [4.78, 5) is 33.8. The molecular weight excluding hydrogens is 483 g/mol. The van der Waals surface area contributed by atoms with Crippen LogP contribution in [0.2, 0.25) is 0 Å². The van der Waals surface area contributed by atoms with Gasteiger partial charge in [-0.1, -0.05) is 18.2 Å². The van der Waals surface area contributed by atoms with E-state index in [1.54, 1.807) is 48.8 Å². The zero-order chi connectivity index (χ0) is 25.1. The molecule has 36 heavy (non-hydrogen) atoms. The standard InChI is InChI=1S/C26H19FN4O4S/c1-31-12-11-29-26(31)22-14-19-25(36-22)21(9-10-28-19)35-20-8-7-16(13-18(20)27)30-23(32)15-24(33)34-17-5-3-2-4-6-17/h2-14H,15H2,1H3,(H,30,32). The SMILES string of the molecule is Cn1ccnc1-c1cc2nccc(Oc3ccc(NC(=O)CC(=O)Oc4ccccc4)cc3F)c2s1. The summed E-state index contributed by atoms with van der Waals surface area (Å²) in [6, 6.07) is 16.0. The number of thiophene rings is 1. The van der Waals surface area contributed by atoms with E-state index in [4.69, 9.17) is 9.47 Å². The van der Waals surface area contributed by atoms with E-state index in [1.807, 2.05) is 23.9 Å². The fraction of sp³-hybridized carbons (Fsp3) is 0.0769.